The highest BCUT2D eigenvalue weighted by molar-refractivity contribution is 5.95. The van der Waals surface area contributed by atoms with Crippen LogP contribution in [0.3, 0.4) is 0 Å². The number of benzene rings is 2. The van der Waals surface area contributed by atoms with E-state index in [-0.39, 0.29) is 17.9 Å². The Labute approximate surface area is 183 Å². The summed E-state index contributed by atoms with van der Waals surface area (Å²) in [5.41, 5.74) is 1.48. The molecule has 0 spiro atoms. The van der Waals surface area contributed by atoms with E-state index in [2.05, 4.69) is 5.32 Å². The maximum Gasteiger partial charge on any atom is 0.254 e. The Morgan fingerprint density at radius 2 is 1.77 bits per heavy atom. The molecule has 0 saturated carbocycles. The lowest BCUT2D eigenvalue weighted by Crippen LogP contribution is -2.49. The molecule has 0 aliphatic carbocycles. The van der Waals surface area contributed by atoms with E-state index in [1.54, 1.807) is 17.0 Å². The standard InChI is InChI=1S/C24H30N2O5/c1-4-22(27)25-19-11-8-12-26(15-19)24(28)18-13-20(29-2)23(21(14-18)30-3)31-16-17-9-6-5-7-10-17/h5-7,9-10,13-14,19H,4,8,11-12,15-16H2,1-3H3,(H,25,27). The fraction of sp³-hybridized carbons (Fsp3) is 0.417. The van der Waals surface area contributed by atoms with Gasteiger partial charge in [-0.05, 0) is 30.5 Å². The van der Waals surface area contributed by atoms with E-state index in [9.17, 15) is 9.59 Å². The smallest absolute Gasteiger partial charge is 0.254 e. The van der Waals surface area contributed by atoms with Crippen LogP contribution in [0.5, 0.6) is 17.2 Å². The molecular weight excluding hydrogens is 396 g/mol. The van der Waals surface area contributed by atoms with Gasteiger partial charge in [-0.3, -0.25) is 9.59 Å². The third-order valence-corrected chi connectivity index (χ3v) is 5.33. The summed E-state index contributed by atoms with van der Waals surface area (Å²) in [6.45, 7) is 3.31. The third-order valence-electron chi connectivity index (χ3n) is 5.33. The van der Waals surface area contributed by atoms with Gasteiger partial charge in [0.05, 0.1) is 14.2 Å². The van der Waals surface area contributed by atoms with Gasteiger partial charge in [0.2, 0.25) is 11.7 Å². The second-order valence-electron chi connectivity index (χ2n) is 7.50. The van der Waals surface area contributed by atoms with Crippen LogP contribution >= 0.6 is 0 Å². The van der Waals surface area contributed by atoms with Gasteiger partial charge in [-0.15, -0.1) is 0 Å². The van der Waals surface area contributed by atoms with Crippen molar-refractivity contribution in [1.82, 2.24) is 10.2 Å². The van der Waals surface area contributed by atoms with Crippen LogP contribution in [0.15, 0.2) is 42.5 Å². The molecule has 7 nitrogen and oxygen atoms in total. The SMILES string of the molecule is CCC(=O)NC1CCCN(C(=O)c2cc(OC)c(OCc3ccccc3)c(OC)c2)C1. The number of rotatable bonds is 8. The monoisotopic (exact) mass is 426 g/mol. The number of nitrogens with zero attached hydrogens (tertiary/aromatic N) is 1. The van der Waals surface area contributed by atoms with Crippen LogP contribution in [0.4, 0.5) is 0 Å². The zero-order chi connectivity index (χ0) is 22.2. The number of hydrogen-bond donors (Lipinski definition) is 1. The molecular formula is C24H30N2O5. The van der Waals surface area contributed by atoms with Gasteiger partial charge in [-0.25, -0.2) is 0 Å². The van der Waals surface area contributed by atoms with Crippen LogP contribution in [0.1, 0.15) is 42.1 Å². The minimum Gasteiger partial charge on any atom is -0.493 e. The maximum atomic E-state index is 13.2. The van der Waals surface area contributed by atoms with Crippen LogP contribution in [-0.2, 0) is 11.4 Å². The summed E-state index contributed by atoms with van der Waals surface area (Å²) >= 11 is 0. The van der Waals surface area contributed by atoms with Gasteiger partial charge in [0.15, 0.2) is 11.5 Å². The van der Waals surface area contributed by atoms with Crippen molar-refractivity contribution in [2.45, 2.75) is 38.8 Å². The number of ether oxygens (including phenoxy) is 3. The highest BCUT2D eigenvalue weighted by Crippen LogP contribution is 2.39. The number of amides is 2. The number of piperidine rings is 1. The lowest BCUT2D eigenvalue weighted by Gasteiger charge is -2.33. The van der Waals surface area contributed by atoms with Gasteiger partial charge >= 0.3 is 0 Å². The van der Waals surface area contributed by atoms with Gasteiger partial charge < -0.3 is 24.4 Å². The predicted octanol–water partition coefficient (Wildman–Crippen LogP) is 3.41. The first-order chi connectivity index (χ1) is 15.0. The first kappa shape index (κ1) is 22.5. The largest absolute Gasteiger partial charge is 0.493 e. The van der Waals surface area contributed by atoms with Gasteiger partial charge in [0, 0.05) is 31.1 Å². The Kier molecular flexibility index (Phi) is 7.76. The number of hydrogen-bond acceptors (Lipinski definition) is 5. The number of nitrogens with one attached hydrogen (secondary N) is 1. The Balaban J connectivity index is 1.78. The Morgan fingerprint density at radius 1 is 1.10 bits per heavy atom. The minimum absolute atomic E-state index is 0.00237. The van der Waals surface area contributed by atoms with Crippen molar-refractivity contribution < 1.29 is 23.8 Å². The Bertz CT molecular complexity index is 875. The van der Waals surface area contributed by atoms with Gasteiger partial charge in [-0.1, -0.05) is 37.3 Å². The number of carbonyl (C=O) groups is 2. The molecule has 1 heterocycles. The fourth-order valence-electron chi connectivity index (χ4n) is 3.67. The van der Waals surface area contributed by atoms with Crippen molar-refractivity contribution in [3.8, 4) is 17.2 Å². The molecule has 3 rings (SSSR count). The average molecular weight is 427 g/mol. The second-order valence-corrected chi connectivity index (χ2v) is 7.50. The molecule has 1 saturated heterocycles. The molecule has 0 bridgehead atoms. The normalized spacial score (nSPS) is 15.8. The van der Waals surface area contributed by atoms with Gasteiger partial charge in [0.1, 0.15) is 6.61 Å². The summed E-state index contributed by atoms with van der Waals surface area (Å²) in [4.78, 5) is 26.7. The van der Waals surface area contributed by atoms with E-state index in [4.69, 9.17) is 14.2 Å². The lowest BCUT2D eigenvalue weighted by atomic mass is 10.0. The fourth-order valence-corrected chi connectivity index (χ4v) is 3.67. The Morgan fingerprint density at radius 3 is 2.39 bits per heavy atom. The molecule has 2 aromatic rings. The number of carbonyl (C=O) groups excluding carboxylic acids is 2. The zero-order valence-corrected chi connectivity index (χ0v) is 18.3. The summed E-state index contributed by atoms with van der Waals surface area (Å²) in [5.74, 6) is 1.21. The van der Waals surface area contributed by atoms with Gasteiger partial charge in [-0.2, -0.15) is 0 Å². The number of likely N-dealkylation sites (tertiary alicyclic amines) is 1. The quantitative estimate of drug-likeness (QED) is 0.700. The van der Waals surface area contributed by atoms with E-state index >= 15 is 0 Å². The summed E-state index contributed by atoms with van der Waals surface area (Å²) in [7, 11) is 3.07. The molecule has 1 atom stereocenters. The lowest BCUT2D eigenvalue weighted by molar-refractivity contribution is -0.121. The van der Waals surface area contributed by atoms with Crippen molar-refractivity contribution in [2.75, 3.05) is 27.3 Å². The summed E-state index contributed by atoms with van der Waals surface area (Å²) < 4.78 is 17.0. The van der Waals surface area contributed by atoms with Crippen LogP contribution in [-0.4, -0.2) is 50.1 Å². The highest BCUT2D eigenvalue weighted by atomic mass is 16.5. The van der Waals surface area contributed by atoms with Crippen molar-refractivity contribution >= 4 is 11.8 Å². The third kappa shape index (κ3) is 5.69. The van der Waals surface area contributed by atoms with E-state index < -0.39 is 0 Å². The van der Waals surface area contributed by atoms with E-state index in [1.165, 1.54) is 14.2 Å². The Hall–Kier alpha value is -3.22. The molecule has 0 aromatic heterocycles. The number of methoxy groups -OCH3 is 2. The topological polar surface area (TPSA) is 77.1 Å². The first-order valence-corrected chi connectivity index (χ1v) is 10.6. The average Bonchev–Trinajstić information content (AvgIpc) is 2.82. The van der Waals surface area contributed by atoms with Gasteiger partial charge in [0.25, 0.3) is 5.91 Å². The molecule has 2 aromatic carbocycles. The van der Waals surface area contributed by atoms with Crippen LogP contribution in [0.2, 0.25) is 0 Å². The maximum absolute atomic E-state index is 13.2. The molecule has 0 radical (unpaired) electrons. The molecule has 166 valence electrons. The van der Waals surface area contributed by atoms with Crippen molar-refractivity contribution in [2.24, 2.45) is 0 Å². The molecule has 1 aliphatic rings. The molecule has 1 N–H and O–H groups in total. The predicted molar refractivity (Wildman–Crippen MR) is 118 cm³/mol. The summed E-state index contributed by atoms with van der Waals surface area (Å²) in [6.07, 6.45) is 2.14. The van der Waals surface area contributed by atoms with Crippen LogP contribution < -0.4 is 19.5 Å². The highest BCUT2D eigenvalue weighted by Gasteiger charge is 2.27. The van der Waals surface area contributed by atoms with E-state index in [0.29, 0.717) is 48.9 Å². The minimum atomic E-state index is -0.123. The second kappa shape index (κ2) is 10.7. The molecule has 7 heteroatoms. The van der Waals surface area contributed by atoms with Crippen molar-refractivity contribution in [3.63, 3.8) is 0 Å². The van der Waals surface area contributed by atoms with Crippen LogP contribution in [0.25, 0.3) is 0 Å². The van der Waals surface area contributed by atoms with Crippen molar-refractivity contribution in [1.29, 1.82) is 0 Å². The molecule has 2 amide bonds. The van der Waals surface area contributed by atoms with E-state index in [0.717, 1.165) is 18.4 Å². The van der Waals surface area contributed by atoms with Crippen LogP contribution in [0, 0.1) is 0 Å². The zero-order valence-electron chi connectivity index (χ0n) is 18.3. The van der Waals surface area contributed by atoms with E-state index in [1.807, 2.05) is 37.3 Å². The molecule has 31 heavy (non-hydrogen) atoms. The summed E-state index contributed by atoms with van der Waals surface area (Å²) in [6, 6.07) is 13.1. The van der Waals surface area contributed by atoms with Crippen molar-refractivity contribution in [3.05, 3.63) is 53.6 Å². The first-order valence-electron chi connectivity index (χ1n) is 10.6. The molecule has 1 fully saturated rings. The molecule has 1 aliphatic heterocycles. The molecule has 1 unspecified atom stereocenters. The summed E-state index contributed by atoms with van der Waals surface area (Å²) in [5, 5.41) is 2.99.